The van der Waals surface area contributed by atoms with E-state index in [0.717, 1.165) is 40.1 Å². The van der Waals surface area contributed by atoms with Crippen molar-refractivity contribution in [3.05, 3.63) is 46.7 Å². The molecule has 0 saturated carbocycles. The summed E-state index contributed by atoms with van der Waals surface area (Å²) in [6.07, 6.45) is 8.63. The van der Waals surface area contributed by atoms with Gasteiger partial charge < -0.3 is 5.32 Å². The van der Waals surface area contributed by atoms with Crippen molar-refractivity contribution in [2.45, 2.75) is 48.0 Å². The molecule has 3 aromatic heterocycles. The van der Waals surface area contributed by atoms with E-state index in [1.807, 2.05) is 58.9 Å². The molecule has 6 heteroatoms. The molecule has 0 fully saturated rings. The summed E-state index contributed by atoms with van der Waals surface area (Å²) in [4.78, 5) is 23.2. The molecule has 0 unspecified atom stereocenters. The predicted molar refractivity (Wildman–Crippen MR) is 119 cm³/mol. The minimum atomic E-state index is -0.0400. The van der Waals surface area contributed by atoms with E-state index in [0.29, 0.717) is 10.5 Å². The van der Waals surface area contributed by atoms with E-state index < -0.39 is 0 Å². The van der Waals surface area contributed by atoms with Gasteiger partial charge in [-0.25, -0.2) is 9.97 Å². The largest absolute Gasteiger partial charge is 0.385 e. The number of thiophene rings is 1. The van der Waals surface area contributed by atoms with Crippen molar-refractivity contribution in [2.24, 2.45) is 0 Å². The maximum atomic E-state index is 13.2. The Kier molecular flexibility index (Phi) is 7.30. The molecule has 0 aliphatic carbocycles. The van der Waals surface area contributed by atoms with Crippen LogP contribution in [0.4, 0.5) is 5.69 Å². The highest BCUT2D eigenvalue weighted by Crippen LogP contribution is 2.34. The molecule has 0 radical (unpaired) electrons. The van der Waals surface area contributed by atoms with E-state index >= 15 is 0 Å². The summed E-state index contributed by atoms with van der Waals surface area (Å²) < 4.78 is 2.32. The average Bonchev–Trinajstić information content (AvgIpc) is 3.06. The number of nitrogens with zero attached hydrogens (tertiary/aromatic N) is 3. The van der Waals surface area contributed by atoms with Gasteiger partial charge in [0.15, 0.2) is 0 Å². The highest BCUT2D eigenvalue weighted by molar-refractivity contribution is 7.25. The van der Waals surface area contributed by atoms with Gasteiger partial charge in [0.1, 0.15) is 20.9 Å². The van der Waals surface area contributed by atoms with Gasteiger partial charge in [0.2, 0.25) is 0 Å². The molecule has 3 aromatic rings. The third kappa shape index (κ3) is 3.95. The number of aryl methyl sites for hydroxylation is 1. The predicted octanol–water partition coefficient (Wildman–Crippen LogP) is 5.60. The second kappa shape index (κ2) is 9.46. The summed E-state index contributed by atoms with van der Waals surface area (Å²) in [6, 6.07) is 1.93. The molecular formula is C21H28N4OS. The van der Waals surface area contributed by atoms with Gasteiger partial charge in [-0.15, -0.1) is 11.3 Å². The van der Waals surface area contributed by atoms with E-state index in [-0.39, 0.29) is 5.56 Å². The summed E-state index contributed by atoms with van der Waals surface area (Å²) in [5.41, 5.74) is 2.51. The molecule has 0 aliphatic rings. The third-order valence-electron chi connectivity index (χ3n) is 4.01. The second-order valence-corrected chi connectivity index (χ2v) is 6.67. The molecule has 0 aromatic carbocycles. The molecular weight excluding hydrogens is 356 g/mol. The Morgan fingerprint density at radius 1 is 1.33 bits per heavy atom. The van der Waals surface area contributed by atoms with Gasteiger partial charge in [-0.1, -0.05) is 32.9 Å². The van der Waals surface area contributed by atoms with Crippen molar-refractivity contribution in [1.29, 1.82) is 0 Å². The molecule has 0 spiro atoms. The van der Waals surface area contributed by atoms with E-state index in [9.17, 15) is 4.79 Å². The molecule has 0 aliphatic heterocycles. The molecule has 5 nitrogen and oxygen atoms in total. The Morgan fingerprint density at radius 2 is 2.07 bits per heavy atom. The molecule has 1 N–H and O–H groups in total. The number of rotatable bonds is 5. The summed E-state index contributed by atoms with van der Waals surface area (Å²) in [5.74, 6) is 0.678. The van der Waals surface area contributed by atoms with E-state index in [1.165, 1.54) is 11.3 Å². The standard InChI is InChI=1S/C19H22N4OS.C2H6/c1-5-8-9-13(6-2)23-12(4)22-16-15-14(20-7-3)10-11-21-18(15)25-17(16)19(23)24;1-2/h6,8-11H,5,7H2,1-4H3,(H,20,21);1-2H3/b9-8-,13-6+;. The fraction of sp³-hybridized carbons (Fsp3) is 0.381. The smallest absolute Gasteiger partial charge is 0.276 e. The highest BCUT2D eigenvalue weighted by Gasteiger charge is 2.18. The van der Waals surface area contributed by atoms with Crippen molar-refractivity contribution in [3.8, 4) is 0 Å². The van der Waals surface area contributed by atoms with Crippen molar-refractivity contribution in [2.75, 3.05) is 11.9 Å². The van der Waals surface area contributed by atoms with Crippen LogP contribution in [0.1, 0.15) is 46.9 Å². The Balaban J connectivity index is 0.00000126. The molecule has 0 saturated heterocycles. The third-order valence-corrected chi connectivity index (χ3v) is 5.08. The minimum absolute atomic E-state index is 0.0400. The molecule has 3 heterocycles. The van der Waals surface area contributed by atoms with Crippen LogP contribution in [0.25, 0.3) is 26.1 Å². The normalized spacial score (nSPS) is 11.9. The van der Waals surface area contributed by atoms with Gasteiger partial charge in [-0.05, 0) is 39.3 Å². The van der Waals surface area contributed by atoms with Crippen molar-refractivity contribution >= 4 is 43.2 Å². The number of hydrogen-bond acceptors (Lipinski definition) is 5. The Hall–Kier alpha value is -2.47. The number of nitrogens with one attached hydrogen (secondary N) is 1. The van der Waals surface area contributed by atoms with E-state index in [4.69, 9.17) is 4.98 Å². The molecule has 27 heavy (non-hydrogen) atoms. The zero-order valence-corrected chi connectivity index (χ0v) is 17.8. The number of aromatic nitrogens is 3. The van der Waals surface area contributed by atoms with Gasteiger partial charge in [-0.2, -0.15) is 0 Å². The number of allylic oxidation sites excluding steroid dienone is 4. The quantitative estimate of drug-likeness (QED) is 0.582. The van der Waals surface area contributed by atoms with Gasteiger partial charge in [0, 0.05) is 24.1 Å². The van der Waals surface area contributed by atoms with Crippen LogP contribution in [0.5, 0.6) is 0 Å². The first-order chi connectivity index (χ1) is 13.1. The summed E-state index contributed by atoms with van der Waals surface area (Å²) in [7, 11) is 0. The average molecular weight is 385 g/mol. The van der Waals surface area contributed by atoms with Crippen LogP contribution in [-0.4, -0.2) is 21.1 Å². The van der Waals surface area contributed by atoms with E-state index in [1.54, 1.807) is 10.8 Å². The maximum absolute atomic E-state index is 13.2. The van der Waals surface area contributed by atoms with Gasteiger partial charge in [0.05, 0.1) is 5.39 Å². The number of pyridine rings is 1. The van der Waals surface area contributed by atoms with Crippen molar-refractivity contribution in [1.82, 2.24) is 14.5 Å². The Morgan fingerprint density at radius 3 is 2.70 bits per heavy atom. The van der Waals surface area contributed by atoms with Crippen molar-refractivity contribution in [3.63, 3.8) is 0 Å². The fourth-order valence-electron chi connectivity index (χ4n) is 2.90. The van der Waals surface area contributed by atoms with E-state index in [2.05, 4.69) is 17.2 Å². The molecule has 3 rings (SSSR count). The SMILES string of the molecule is C/C=C(\C=C/CC)n1c(C)nc2c(sc3nccc(NCC)c32)c1=O.CC. The van der Waals surface area contributed by atoms with Crippen LogP contribution < -0.4 is 10.9 Å². The first kappa shape index (κ1) is 20.8. The number of anilines is 1. The zero-order valence-electron chi connectivity index (χ0n) is 17.0. The van der Waals surface area contributed by atoms with Crippen LogP contribution in [0, 0.1) is 6.92 Å². The van der Waals surface area contributed by atoms with Gasteiger partial charge in [0.25, 0.3) is 5.56 Å². The first-order valence-electron chi connectivity index (χ1n) is 9.50. The van der Waals surface area contributed by atoms with Crippen LogP contribution in [0.2, 0.25) is 0 Å². The lowest BCUT2D eigenvalue weighted by atomic mass is 10.2. The summed E-state index contributed by atoms with van der Waals surface area (Å²) >= 11 is 1.40. The van der Waals surface area contributed by atoms with Crippen LogP contribution in [-0.2, 0) is 0 Å². The van der Waals surface area contributed by atoms with Crippen molar-refractivity contribution < 1.29 is 0 Å². The maximum Gasteiger partial charge on any atom is 0.276 e. The van der Waals surface area contributed by atoms with Gasteiger partial charge >= 0.3 is 0 Å². The lowest BCUT2D eigenvalue weighted by Gasteiger charge is -2.10. The topological polar surface area (TPSA) is 59.8 Å². The van der Waals surface area contributed by atoms with Gasteiger partial charge in [-0.3, -0.25) is 9.36 Å². The summed E-state index contributed by atoms with van der Waals surface area (Å²) in [5, 5.41) is 4.27. The fourth-order valence-corrected chi connectivity index (χ4v) is 3.94. The molecule has 144 valence electrons. The summed E-state index contributed by atoms with van der Waals surface area (Å²) in [6.45, 7) is 12.7. The molecule has 0 atom stereocenters. The first-order valence-corrected chi connectivity index (χ1v) is 10.3. The number of fused-ring (bicyclic) bond motifs is 3. The molecule has 0 amide bonds. The Labute approximate surface area is 164 Å². The number of hydrogen-bond donors (Lipinski definition) is 1. The van der Waals surface area contributed by atoms with Crippen LogP contribution >= 0.6 is 11.3 Å². The Bertz CT molecular complexity index is 1040. The minimum Gasteiger partial charge on any atom is -0.385 e. The highest BCUT2D eigenvalue weighted by atomic mass is 32.1. The second-order valence-electron chi connectivity index (χ2n) is 5.67. The molecule has 0 bridgehead atoms. The lowest BCUT2D eigenvalue weighted by Crippen LogP contribution is -2.21. The monoisotopic (exact) mass is 384 g/mol. The van der Waals surface area contributed by atoms with Crippen LogP contribution in [0.15, 0.2) is 35.3 Å². The lowest BCUT2D eigenvalue weighted by molar-refractivity contribution is 0.922. The zero-order chi connectivity index (χ0) is 20.0. The van der Waals surface area contributed by atoms with Crippen LogP contribution in [0.3, 0.4) is 0 Å².